The average molecular weight is 213 g/mol. The van der Waals surface area contributed by atoms with E-state index in [2.05, 4.69) is 26.8 Å². The highest BCUT2D eigenvalue weighted by Gasteiger charge is 2.23. The maximum Gasteiger partial charge on any atom is 0.172 e. The number of nitrogens with one attached hydrogen (secondary N) is 2. The van der Waals surface area contributed by atoms with Gasteiger partial charge in [0.15, 0.2) is 6.29 Å². The van der Waals surface area contributed by atoms with Crippen molar-refractivity contribution in [1.29, 1.82) is 0 Å². The fourth-order valence-electron chi connectivity index (χ4n) is 1.52. The topological polar surface area (TPSA) is 65.7 Å². The van der Waals surface area contributed by atoms with Crippen molar-refractivity contribution in [3.8, 4) is 0 Å². The van der Waals surface area contributed by atoms with Crippen molar-refractivity contribution in [3.63, 3.8) is 0 Å². The molecular weight excluding hydrogens is 198 g/mol. The molecule has 1 atom stereocenters. The van der Waals surface area contributed by atoms with Gasteiger partial charge in [-0.05, 0) is 6.26 Å². The summed E-state index contributed by atoms with van der Waals surface area (Å²) in [5, 5.41) is 6.35. The molecule has 2 aliphatic rings. The second-order valence-corrected chi connectivity index (χ2v) is 4.20. The summed E-state index contributed by atoms with van der Waals surface area (Å²) in [6, 6.07) is 0. The molecular formula is C8H15N5S. The number of nitrogens with two attached hydrogens (primary N) is 1. The Bertz CT molecular complexity index is 275. The van der Waals surface area contributed by atoms with Crippen molar-refractivity contribution in [2.75, 3.05) is 25.2 Å². The van der Waals surface area contributed by atoms with Crippen LogP contribution in [0.2, 0.25) is 0 Å². The Morgan fingerprint density at radius 2 is 2.64 bits per heavy atom. The average Bonchev–Trinajstić information content (AvgIpc) is 2.57. The minimum atomic E-state index is -0.304. The molecule has 2 heterocycles. The monoisotopic (exact) mass is 213 g/mol. The molecule has 2 rings (SSSR count). The molecule has 0 saturated heterocycles. The summed E-state index contributed by atoms with van der Waals surface area (Å²) in [5.41, 5.74) is 6.76. The van der Waals surface area contributed by atoms with E-state index in [0.29, 0.717) is 0 Å². The highest BCUT2D eigenvalue weighted by Crippen LogP contribution is 2.14. The van der Waals surface area contributed by atoms with E-state index in [9.17, 15) is 0 Å². The van der Waals surface area contributed by atoms with Gasteiger partial charge in [0.2, 0.25) is 0 Å². The zero-order valence-electron chi connectivity index (χ0n) is 8.16. The normalized spacial score (nSPS) is 24.7. The van der Waals surface area contributed by atoms with Gasteiger partial charge < -0.3 is 15.5 Å². The molecule has 14 heavy (non-hydrogen) atoms. The minimum Gasteiger partial charge on any atom is -0.353 e. The van der Waals surface area contributed by atoms with Gasteiger partial charge in [0, 0.05) is 12.3 Å². The summed E-state index contributed by atoms with van der Waals surface area (Å²) in [6.07, 6.45) is 3.65. The number of allylic oxidation sites excluding steroid dienone is 1. The highest BCUT2D eigenvalue weighted by molar-refractivity contribution is 7.98. The van der Waals surface area contributed by atoms with Crippen molar-refractivity contribution < 1.29 is 0 Å². The second kappa shape index (κ2) is 4.10. The summed E-state index contributed by atoms with van der Waals surface area (Å²) in [4.78, 5) is 6.38. The molecule has 0 aromatic heterocycles. The van der Waals surface area contributed by atoms with Crippen LogP contribution in [0.25, 0.3) is 0 Å². The standard InChI is InChI=1S/C8H15N5S/c1-14-3-2-13-5-11-7-6(13)4-10-8(9)12-7/h4,8,11-12H,2-3,5,9H2,1H3. The van der Waals surface area contributed by atoms with Gasteiger partial charge in [0.05, 0.1) is 18.6 Å². The Morgan fingerprint density at radius 1 is 1.79 bits per heavy atom. The van der Waals surface area contributed by atoms with E-state index in [1.165, 1.54) is 0 Å². The molecule has 0 amide bonds. The SMILES string of the molecule is CSCCN1CNC2=C1C=NC(N)N2. The summed E-state index contributed by atoms with van der Waals surface area (Å²) < 4.78 is 0. The first kappa shape index (κ1) is 9.67. The number of nitrogens with zero attached hydrogens (tertiary/aromatic N) is 2. The molecule has 0 bridgehead atoms. The molecule has 2 aliphatic heterocycles. The Labute approximate surface area is 87.8 Å². The van der Waals surface area contributed by atoms with Crippen LogP contribution in [0.15, 0.2) is 16.5 Å². The molecule has 0 aromatic rings. The zero-order valence-corrected chi connectivity index (χ0v) is 8.97. The van der Waals surface area contributed by atoms with E-state index in [1.807, 2.05) is 18.0 Å². The van der Waals surface area contributed by atoms with E-state index >= 15 is 0 Å². The van der Waals surface area contributed by atoms with E-state index in [4.69, 9.17) is 5.73 Å². The molecule has 0 radical (unpaired) electrons. The Hall–Kier alpha value is -0.880. The predicted octanol–water partition coefficient (Wildman–Crippen LogP) is -0.702. The van der Waals surface area contributed by atoms with Gasteiger partial charge in [0.25, 0.3) is 0 Å². The van der Waals surface area contributed by atoms with Crippen LogP contribution < -0.4 is 16.4 Å². The first-order chi connectivity index (χ1) is 6.81. The maximum absolute atomic E-state index is 5.63. The van der Waals surface area contributed by atoms with Crippen molar-refractivity contribution in [2.45, 2.75) is 6.29 Å². The van der Waals surface area contributed by atoms with Crippen molar-refractivity contribution in [3.05, 3.63) is 11.5 Å². The van der Waals surface area contributed by atoms with Gasteiger partial charge in [-0.2, -0.15) is 11.8 Å². The van der Waals surface area contributed by atoms with E-state index < -0.39 is 0 Å². The van der Waals surface area contributed by atoms with Crippen molar-refractivity contribution in [1.82, 2.24) is 15.5 Å². The number of hydrogen-bond donors (Lipinski definition) is 3. The lowest BCUT2D eigenvalue weighted by molar-refractivity contribution is 0.403. The first-order valence-corrected chi connectivity index (χ1v) is 5.98. The molecule has 5 nitrogen and oxygen atoms in total. The molecule has 0 saturated carbocycles. The van der Waals surface area contributed by atoms with Crippen LogP contribution in [0.1, 0.15) is 0 Å². The van der Waals surface area contributed by atoms with E-state index in [1.54, 1.807) is 0 Å². The zero-order chi connectivity index (χ0) is 9.97. The minimum absolute atomic E-state index is 0.304. The molecule has 6 heteroatoms. The third-order valence-corrected chi connectivity index (χ3v) is 2.85. The smallest absolute Gasteiger partial charge is 0.172 e. The fourth-order valence-corrected chi connectivity index (χ4v) is 1.92. The second-order valence-electron chi connectivity index (χ2n) is 3.22. The van der Waals surface area contributed by atoms with Crippen molar-refractivity contribution in [2.24, 2.45) is 10.7 Å². The number of thioether (sulfide) groups is 1. The van der Waals surface area contributed by atoms with Crippen LogP contribution in [0.4, 0.5) is 0 Å². The first-order valence-electron chi connectivity index (χ1n) is 4.58. The van der Waals surface area contributed by atoms with Crippen LogP contribution in [0, 0.1) is 0 Å². The Balaban J connectivity index is 2.01. The maximum atomic E-state index is 5.63. The lowest BCUT2D eigenvalue weighted by atomic mass is 10.4. The number of aliphatic imine (C=N–C) groups is 1. The Morgan fingerprint density at radius 3 is 3.43 bits per heavy atom. The molecule has 4 N–H and O–H groups in total. The molecule has 0 spiro atoms. The van der Waals surface area contributed by atoms with E-state index in [-0.39, 0.29) is 6.29 Å². The third kappa shape index (κ3) is 1.80. The number of rotatable bonds is 3. The molecule has 0 aromatic carbocycles. The van der Waals surface area contributed by atoms with Crippen LogP contribution in [-0.2, 0) is 0 Å². The van der Waals surface area contributed by atoms with Crippen LogP contribution >= 0.6 is 11.8 Å². The van der Waals surface area contributed by atoms with Gasteiger partial charge >= 0.3 is 0 Å². The highest BCUT2D eigenvalue weighted by atomic mass is 32.2. The largest absolute Gasteiger partial charge is 0.353 e. The summed E-state index contributed by atoms with van der Waals surface area (Å²) in [5.74, 6) is 2.13. The summed E-state index contributed by atoms with van der Waals surface area (Å²) >= 11 is 1.85. The van der Waals surface area contributed by atoms with Gasteiger partial charge in [-0.25, -0.2) is 0 Å². The third-order valence-electron chi connectivity index (χ3n) is 2.26. The lowest BCUT2D eigenvalue weighted by Gasteiger charge is -2.20. The van der Waals surface area contributed by atoms with Crippen LogP contribution in [0.5, 0.6) is 0 Å². The fraction of sp³-hybridized carbons (Fsp3) is 0.625. The molecule has 0 fully saturated rings. The predicted molar refractivity (Wildman–Crippen MR) is 59.7 cm³/mol. The Kier molecular flexibility index (Phi) is 2.83. The summed E-state index contributed by atoms with van der Waals surface area (Å²) in [6.45, 7) is 1.88. The quantitative estimate of drug-likeness (QED) is 0.578. The van der Waals surface area contributed by atoms with Crippen LogP contribution in [-0.4, -0.2) is 42.6 Å². The van der Waals surface area contributed by atoms with E-state index in [0.717, 1.165) is 30.5 Å². The number of hydrogen-bond acceptors (Lipinski definition) is 6. The molecule has 0 aliphatic carbocycles. The van der Waals surface area contributed by atoms with Crippen molar-refractivity contribution >= 4 is 18.0 Å². The van der Waals surface area contributed by atoms with Gasteiger partial charge in [0.1, 0.15) is 5.82 Å². The molecule has 78 valence electrons. The lowest BCUT2D eigenvalue weighted by Crippen LogP contribution is -2.40. The van der Waals surface area contributed by atoms with Gasteiger partial charge in [-0.3, -0.25) is 10.7 Å². The summed E-state index contributed by atoms with van der Waals surface area (Å²) in [7, 11) is 0. The van der Waals surface area contributed by atoms with Crippen LogP contribution in [0.3, 0.4) is 0 Å². The van der Waals surface area contributed by atoms with Gasteiger partial charge in [-0.1, -0.05) is 0 Å². The van der Waals surface area contributed by atoms with Gasteiger partial charge in [-0.15, -0.1) is 0 Å². The molecule has 1 unspecified atom stereocenters.